The van der Waals surface area contributed by atoms with Crippen molar-refractivity contribution < 1.29 is 9.53 Å². The van der Waals surface area contributed by atoms with Crippen molar-refractivity contribution in [2.24, 2.45) is 0 Å². The molecule has 1 N–H and O–H groups in total. The molecular formula is C24H28N4O3. The van der Waals surface area contributed by atoms with Gasteiger partial charge in [-0.2, -0.15) is 0 Å². The second kappa shape index (κ2) is 9.93. The topological polar surface area (TPSA) is 76.5 Å². The molecule has 31 heavy (non-hydrogen) atoms. The Bertz CT molecular complexity index is 1100. The maximum absolute atomic E-state index is 12.5. The van der Waals surface area contributed by atoms with Crippen LogP contribution in [0.1, 0.15) is 19.4 Å². The number of methoxy groups -OCH3 is 1. The van der Waals surface area contributed by atoms with Crippen LogP contribution in [0.25, 0.3) is 11.3 Å². The van der Waals surface area contributed by atoms with E-state index in [0.717, 1.165) is 41.3 Å². The second-order valence-electron chi connectivity index (χ2n) is 7.19. The molecule has 0 aliphatic heterocycles. The van der Waals surface area contributed by atoms with E-state index in [2.05, 4.69) is 35.1 Å². The number of carbonyl (C=O) groups excluding carboxylic acids is 1. The molecule has 162 valence electrons. The molecule has 3 aromatic rings. The Hall–Kier alpha value is -3.61. The zero-order chi connectivity index (χ0) is 22.4. The van der Waals surface area contributed by atoms with Crippen LogP contribution in [0, 0.1) is 6.92 Å². The number of nitrogens with zero attached hydrogens (tertiary/aromatic N) is 3. The van der Waals surface area contributed by atoms with Crippen LogP contribution in [0.15, 0.2) is 59.7 Å². The highest BCUT2D eigenvalue weighted by atomic mass is 16.5. The van der Waals surface area contributed by atoms with E-state index in [1.807, 2.05) is 43.3 Å². The van der Waals surface area contributed by atoms with Crippen molar-refractivity contribution in [1.29, 1.82) is 0 Å². The van der Waals surface area contributed by atoms with Crippen LogP contribution in [0.5, 0.6) is 5.75 Å². The first-order valence-electron chi connectivity index (χ1n) is 10.3. The number of rotatable bonds is 8. The Morgan fingerprint density at radius 1 is 1.10 bits per heavy atom. The Balaban J connectivity index is 1.70. The van der Waals surface area contributed by atoms with Crippen molar-refractivity contribution in [2.45, 2.75) is 27.3 Å². The van der Waals surface area contributed by atoms with Gasteiger partial charge in [-0.25, -0.2) is 4.98 Å². The fraction of sp³-hybridized carbons (Fsp3) is 0.292. The summed E-state index contributed by atoms with van der Waals surface area (Å²) < 4.78 is 6.44. The van der Waals surface area contributed by atoms with Crippen LogP contribution in [0.2, 0.25) is 0 Å². The van der Waals surface area contributed by atoms with Gasteiger partial charge in [0.15, 0.2) is 0 Å². The highest BCUT2D eigenvalue weighted by molar-refractivity contribution is 5.91. The molecule has 0 fully saturated rings. The number of ether oxygens (including phenoxy) is 1. The summed E-state index contributed by atoms with van der Waals surface area (Å²) in [6.45, 7) is 7.92. The first kappa shape index (κ1) is 22.1. The summed E-state index contributed by atoms with van der Waals surface area (Å²) >= 11 is 0. The minimum atomic E-state index is -0.287. The number of aryl methyl sites for hydroxylation is 1. The molecule has 1 amide bonds. The molecule has 1 aromatic heterocycles. The van der Waals surface area contributed by atoms with E-state index in [1.165, 1.54) is 17.0 Å². The molecule has 0 aliphatic rings. The molecule has 0 aliphatic carbocycles. The van der Waals surface area contributed by atoms with E-state index in [4.69, 9.17) is 4.74 Å². The van der Waals surface area contributed by atoms with Crippen LogP contribution >= 0.6 is 0 Å². The molecule has 7 nitrogen and oxygen atoms in total. The summed E-state index contributed by atoms with van der Waals surface area (Å²) in [6, 6.07) is 14.7. The number of carbonyl (C=O) groups is 1. The third kappa shape index (κ3) is 5.31. The molecule has 2 aromatic carbocycles. The van der Waals surface area contributed by atoms with E-state index in [-0.39, 0.29) is 18.0 Å². The molecule has 0 bridgehead atoms. The summed E-state index contributed by atoms with van der Waals surface area (Å²) in [7, 11) is 1.60. The van der Waals surface area contributed by atoms with Crippen LogP contribution in [0.3, 0.4) is 0 Å². The minimum Gasteiger partial charge on any atom is -0.497 e. The lowest BCUT2D eigenvalue weighted by atomic mass is 10.1. The van der Waals surface area contributed by atoms with Crippen LogP contribution in [0.4, 0.5) is 11.4 Å². The second-order valence-corrected chi connectivity index (χ2v) is 7.19. The van der Waals surface area contributed by atoms with Gasteiger partial charge >= 0.3 is 0 Å². The zero-order valence-electron chi connectivity index (χ0n) is 18.4. The number of benzene rings is 2. The van der Waals surface area contributed by atoms with E-state index >= 15 is 0 Å². The summed E-state index contributed by atoms with van der Waals surface area (Å²) in [4.78, 5) is 31.6. The van der Waals surface area contributed by atoms with E-state index < -0.39 is 0 Å². The average molecular weight is 421 g/mol. The van der Waals surface area contributed by atoms with Gasteiger partial charge in [-0.05, 0) is 68.8 Å². The molecule has 0 saturated carbocycles. The molecule has 0 atom stereocenters. The normalized spacial score (nSPS) is 10.6. The SMILES string of the molecule is CCN(CC)c1ccc(NC(=O)Cn2cnc(-c3ccc(OC)cc3)cc2=O)c(C)c1. The largest absolute Gasteiger partial charge is 0.497 e. The van der Waals surface area contributed by atoms with Gasteiger partial charge in [-0.1, -0.05) is 0 Å². The fourth-order valence-electron chi connectivity index (χ4n) is 3.38. The highest BCUT2D eigenvalue weighted by Gasteiger charge is 2.10. The lowest BCUT2D eigenvalue weighted by Crippen LogP contribution is -2.27. The summed E-state index contributed by atoms with van der Waals surface area (Å²) in [5.41, 5.74) is 3.89. The number of nitrogens with one attached hydrogen (secondary N) is 1. The Morgan fingerprint density at radius 2 is 1.81 bits per heavy atom. The van der Waals surface area contributed by atoms with E-state index in [0.29, 0.717) is 5.69 Å². The van der Waals surface area contributed by atoms with Gasteiger partial charge in [0.2, 0.25) is 5.91 Å². The van der Waals surface area contributed by atoms with Crippen molar-refractivity contribution in [2.75, 3.05) is 30.4 Å². The number of amides is 1. The number of hydrogen-bond donors (Lipinski definition) is 1. The predicted molar refractivity (Wildman–Crippen MR) is 124 cm³/mol. The monoisotopic (exact) mass is 420 g/mol. The van der Waals surface area contributed by atoms with Crippen molar-refractivity contribution in [1.82, 2.24) is 9.55 Å². The maximum Gasteiger partial charge on any atom is 0.254 e. The van der Waals surface area contributed by atoms with Gasteiger partial charge in [0, 0.05) is 36.1 Å². The van der Waals surface area contributed by atoms with Gasteiger partial charge in [-0.15, -0.1) is 0 Å². The van der Waals surface area contributed by atoms with Crippen molar-refractivity contribution in [3.8, 4) is 17.0 Å². The van der Waals surface area contributed by atoms with E-state index in [9.17, 15) is 9.59 Å². The summed E-state index contributed by atoms with van der Waals surface area (Å²) in [5.74, 6) is 0.453. The van der Waals surface area contributed by atoms with Crippen LogP contribution in [-0.4, -0.2) is 35.7 Å². The van der Waals surface area contributed by atoms with Gasteiger partial charge in [0.25, 0.3) is 5.56 Å². The number of anilines is 2. The standard InChI is InChI=1S/C24H28N4O3/c1-5-27(6-2)19-9-12-21(17(3)13-19)26-23(29)15-28-16-25-22(14-24(28)30)18-7-10-20(31-4)11-8-18/h7-14,16H,5-6,15H2,1-4H3,(H,26,29). The Morgan fingerprint density at radius 3 is 2.39 bits per heavy atom. The van der Waals surface area contributed by atoms with Crippen molar-refractivity contribution in [3.05, 3.63) is 70.8 Å². The predicted octanol–water partition coefficient (Wildman–Crippen LogP) is 3.71. The fourth-order valence-corrected chi connectivity index (χ4v) is 3.38. The number of aromatic nitrogens is 2. The highest BCUT2D eigenvalue weighted by Crippen LogP contribution is 2.23. The van der Waals surface area contributed by atoms with E-state index in [1.54, 1.807) is 7.11 Å². The molecular weight excluding hydrogens is 392 g/mol. The summed E-state index contributed by atoms with van der Waals surface area (Å²) in [5, 5.41) is 2.89. The first-order chi connectivity index (χ1) is 14.9. The Labute approximate surface area is 182 Å². The van der Waals surface area contributed by atoms with Gasteiger partial charge in [-0.3, -0.25) is 14.2 Å². The molecule has 3 rings (SSSR count). The zero-order valence-corrected chi connectivity index (χ0v) is 18.4. The van der Waals surface area contributed by atoms with Gasteiger partial charge < -0.3 is 15.0 Å². The van der Waals surface area contributed by atoms with Crippen molar-refractivity contribution in [3.63, 3.8) is 0 Å². The third-order valence-electron chi connectivity index (χ3n) is 5.19. The molecule has 0 spiro atoms. The first-order valence-corrected chi connectivity index (χ1v) is 10.3. The molecule has 0 radical (unpaired) electrons. The smallest absolute Gasteiger partial charge is 0.254 e. The number of hydrogen-bond acceptors (Lipinski definition) is 5. The van der Waals surface area contributed by atoms with Crippen molar-refractivity contribution >= 4 is 17.3 Å². The molecule has 7 heteroatoms. The van der Waals surface area contributed by atoms with Gasteiger partial charge in [0.05, 0.1) is 19.1 Å². The lowest BCUT2D eigenvalue weighted by Gasteiger charge is -2.22. The molecule has 0 unspecified atom stereocenters. The lowest BCUT2D eigenvalue weighted by molar-refractivity contribution is -0.116. The minimum absolute atomic E-state index is 0.105. The molecule has 1 heterocycles. The Kier molecular flexibility index (Phi) is 7.07. The molecule has 0 saturated heterocycles. The quantitative estimate of drug-likeness (QED) is 0.601. The summed E-state index contributed by atoms with van der Waals surface area (Å²) in [6.07, 6.45) is 1.40. The average Bonchev–Trinajstić information content (AvgIpc) is 2.78. The third-order valence-corrected chi connectivity index (χ3v) is 5.19. The maximum atomic E-state index is 12.5. The van der Waals surface area contributed by atoms with Gasteiger partial charge in [0.1, 0.15) is 12.3 Å². The van der Waals surface area contributed by atoms with Crippen LogP contribution < -0.4 is 20.5 Å². The van der Waals surface area contributed by atoms with Crippen LogP contribution in [-0.2, 0) is 11.3 Å².